The first-order chi connectivity index (χ1) is 14.5. The van der Waals surface area contributed by atoms with Crippen LogP contribution < -0.4 is 9.80 Å². The molecule has 3 aromatic rings. The first kappa shape index (κ1) is 20.2. The minimum Gasteiger partial charge on any atom is -0.368 e. The number of halogens is 1. The van der Waals surface area contributed by atoms with E-state index in [-0.39, 0.29) is 5.91 Å². The summed E-state index contributed by atoms with van der Waals surface area (Å²) in [5.74, 6) is 0.860. The van der Waals surface area contributed by atoms with Crippen LogP contribution >= 0.6 is 11.6 Å². The van der Waals surface area contributed by atoms with Gasteiger partial charge in [0.1, 0.15) is 5.69 Å². The van der Waals surface area contributed by atoms with E-state index < -0.39 is 0 Å². The van der Waals surface area contributed by atoms with E-state index in [4.69, 9.17) is 11.6 Å². The maximum Gasteiger partial charge on any atom is 0.253 e. The fraction of sp³-hybridized carbons (Fsp3) is 0.261. The second-order valence-corrected chi connectivity index (χ2v) is 7.89. The molecule has 1 aliphatic rings. The van der Waals surface area contributed by atoms with Crippen LogP contribution in [0.5, 0.6) is 0 Å². The number of nitrogens with zero attached hydrogens (tertiary/aromatic N) is 5. The molecule has 0 spiro atoms. The maximum absolute atomic E-state index is 13.0. The highest BCUT2D eigenvalue weighted by Crippen LogP contribution is 2.26. The van der Waals surface area contributed by atoms with Gasteiger partial charge in [-0.1, -0.05) is 23.7 Å². The third-order valence-electron chi connectivity index (χ3n) is 5.27. The molecule has 1 aromatic heterocycles. The summed E-state index contributed by atoms with van der Waals surface area (Å²) >= 11 is 5.98. The number of piperazine rings is 1. The van der Waals surface area contributed by atoms with Gasteiger partial charge in [-0.15, -0.1) is 0 Å². The van der Waals surface area contributed by atoms with Crippen molar-refractivity contribution < 1.29 is 4.79 Å². The molecule has 0 unspecified atom stereocenters. The summed E-state index contributed by atoms with van der Waals surface area (Å²) in [5, 5.41) is 0.732. The molecular formula is C23H24ClN5O. The Bertz CT molecular complexity index is 1010. The molecule has 1 saturated heterocycles. The maximum atomic E-state index is 13.0. The van der Waals surface area contributed by atoms with Gasteiger partial charge in [0.15, 0.2) is 5.82 Å². The Morgan fingerprint density at radius 2 is 1.53 bits per heavy atom. The van der Waals surface area contributed by atoms with E-state index in [1.165, 1.54) is 0 Å². The van der Waals surface area contributed by atoms with Crippen LogP contribution in [-0.2, 0) is 0 Å². The molecule has 1 amide bonds. The van der Waals surface area contributed by atoms with E-state index in [0.717, 1.165) is 40.9 Å². The highest BCUT2D eigenvalue weighted by Gasteiger charge is 2.22. The summed E-state index contributed by atoms with van der Waals surface area (Å²) < 4.78 is 0. The predicted molar refractivity (Wildman–Crippen MR) is 121 cm³/mol. The van der Waals surface area contributed by atoms with E-state index in [1.54, 1.807) is 12.4 Å². The minimum atomic E-state index is 0.0595. The van der Waals surface area contributed by atoms with Crippen molar-refractivity contribution in [1.82, 2.24) is 14.9 Å². The van der Waals surface area contributed by atoms with Crippen molar-refractivity contribution in [1.29, 1.82) is 0 Å². The number of hydrogen-bond donors (Lipinski definition) is 0. The average molecular weight is 422 g/mol. The lowest BCUT2D eigenvalue weighted by atomic mass is 10.1. The summed E-state index contributed by atoms with van der Waals surface area (Å²) in [5.41, 5.74) is 3.57. The second-order valence-electron chi connectivity index (χ2n) is 7.46. The molecular weight excluding hydrogens is 398 g/mol. The number of anilines is 2. The zero-order chi connectivity index (χ0) is 21.1. The molecule has 1 aliphatic heterocycles. The summed E-state index contributed by atoms with van der Waals surface area (Å²) in [6, 6.07) is 15.5. The highest BCUT2D eigenvalue weighted by atomic mass is 35.5. The average Bonchev–Trinajstić information content (AvgIpc) is 2.79. The monoisotopic (exact) mass is 421 g/mol. The fourth-order valence-electron chi connectivity index (χ4n) is 3.63. The van der Waals surface area contributed by atoms with Crippen molar-refractivity contribution in [3.8, 4) is 11.3 Å². The standard InChI is InChI=1S/C23H24ClN5O/c1-27(2)22-21(25-11-12-26-22)17-3-5-18(6-4-17)23(30)29-15-13-28(14-16-29)20-9-7-19(24)8-10-20/h3-12H,13-16H2,1-2H3. The quantitative estimate of drug-likeness (QED) is 0.640. The van der Waals surface area contributed by atoms with Crippen molar-refractivity contribution >= 4 is 29.0 Å². The lowest BCUT2D eigenvalue weighted by Gasteiger charge is -2.36. The van der Waals surface area contributed by atoms with Gasteiger partial charge in [-0.05, 0) is 36.4 Å². The predicted octanol–water partition coefficient (Wildman–Crippen LogP) is 3.83. The van der Waals surface area contributed by atoms with Crippen molar-refractivity contribution in [3.63, 3.8) is 0 Å². The van der Waals surface area contributed by atoms with Crippen molar-refractivity contribution in [3.05, 3.63) is 71.5 Å². The van der Waals surface area contributed by atoms with E-state index in [9.17, 15) is 4.79 Å². The third-order valence-corrected chi connectivity index (χ3v) is 5.52. The Hall–Kier alpha value is -3.12. The lowest BCUT2D eigenvalue weighted by Crippen LogP contribution is -2.48. The van der Waals surface area contributed by atoms with Crippen LogP contribution in [0.25, 0.3) is 11.3 Å². The van der Waals surface area contributed by atoms with Gasteiger partial charge in [-0.25, -0.2) is 4.98 Å². The number of carbonyl (C=O) groups excluding carboxylic acids is 1. The van der Waals surface area contributed by atoms with E-state index in [2.05, 4.69) is 14.9 Å². The first-order valence-corrected chi connectivity index (χ1v) is 10.3. The van der Waals surface area contributed by atoms with Gasteiger partial charge in [-0.3, -0.25) is 9.78 Å². The van der Waals surface area contributed by atoms with E-state index in [0.29, 0.717) is 18.7 Å². The second kappa shape index (κ2) is 8.71. The molecule has 0 radical (unpaired) electrons. The summed E-state index contributed by atoms with van der Waals surface area (Å²) in [6.45, 7) is 2.99. The number of aromatic nitrogens is 2. The number of benzene rings is 2. The van der Waals surface area contributed by atoms with Gasteiger partial charge in [0.2, 0.25) is 0 Å². The van der Waals surface area contributed by atoms with E-state index >= 15 is 0 Å². The van der Waals surface area contributed by atoms with Crippen LogP contribution in [0.1, 0.15) is 10.4 Å². The molecule has 0 bridgehead atoms. The number of rotatable bonds is 4. The minimum absolute atomic E-state index is 0.0595. The lowest BCUT2D eigenvalue weighted by molar-refractivity contribution is 0.0747. The van der Waals surface area contributed by atoms with Crippen LogP contribution in [0.4, 0.5) is 11.5 Å². The Balaban J connectivity index is 1.43. The van der Waals surface area contributed by atoms with Gasteiger partial charge in [0, 0.05) is 74.5 Å². The van der Waals surface area contributed by atoms with Crippen LogP contribution in [-0.4, -0.2) is 61.0 Å². The number of amides is 1. The molecule has 0 saturated carbocycles. The molecule has 6 nitrogen and oxygen atoms in total. The molecule has 154 valence electrons. The summed E-state index contributed by atoms with van der Waals surface area (Å²) in [7, 11) is 3.88. The Kier molecular flexibility index (Phi) is 5.86. The van der Waals surface area contributed by atoms with Gasteiger partial charge in [0.05, 0.1) is 0 Å². The molecule has 4 rings (SSSR count). The highest BCUT2D eigenvalue weighted by molar-refractivity contribution is 6.30. The zero-order valence-electron chi connectivity index (χ0n) is 17.1. The zero-order valence-corrected chi connectivity index (χ0v) is 17.9. The molecule has 1 fully saturated rings. The molecule has 0 N–H and O–H groups in total. The van der Waals surface area contributed by atoms with Crippen LogP contribution in [0.2, 0.25) is 5.02 Å². The Morgan fingerprint density at radius 1 is 0.900 bits per heavy atom. The topological polar surface area (TPSA) is 52.6 Å². The SMILES string of the molecule is CN(C)c1nccnc1-c1ccc(C(=O)N2CCN(c3ccc(Cl)cc3)CC2)cc1. The summed E-state index contributed by atoms with van der Waals surface area (Å²) in [6.07, 6.45) is 3.36. The van der Waals surface area contributed by atoms with Crippen LogP contribution in [0, 0.1) is 0 Å². The molecule has 7 heteroatoms. The first-order valence-electron chi connectivity index (χ1n) is 9.91. The molecule has 30 heavy (non-hydrogen) atoms. The summed E-state index contributed by atoms with van der Waals surface area (Å²) in [4.78, 5) is 27.9. The Labute approximate surface area is 181 Å². The molecule has 0 aliphatic carbocycles. The van der Waals surface area contributed by atoms with Gasteiger partial charge in [-0.2, -0.15) is 0 Å². The normalized spacial score (nSPS) is 14.0. The van der Waals surface area contributed by atoms with Crippen LogP contribution in [0.3, 0.4) is 0 Å². The fourth-order valence-corrected chi connectivity index (χ4v) is 3.76. The van der Waals surface area contributed by atoms with Gasteiger partial charge >= 0.3 is 0 Å². The number of hydrogen-bond acceptors (Lipinski definition) is 5. The molecule has 2 heterocycles. The van der Waals surface area contributed by atoms with Crippen LogP contribution in [0.15, 0.2) is 60.9 Å². The van der Waals surface area contributed by atoms with Crippen molar-refractivity contribution in [2.24, 2.45) is 0 Å². The Morgan fingerprint density at radius 3 is 2.17 bits per heavy atom. The number of carbonyl (C=O) groups is 1. The third kappa shape index (κ3) is 4.24. The van der Waals surface area contributed by atoms with Crippen molar-refractivity contribution in [2.45, 2.75) is 0 Å². The van der Waals surface area contributed by atoms with Gasteiger partial charge in [0.25, 0.3) is 5.91 Å². The molecule has 0 atom stereocenters. The van der Waals surface area contributed by atoms with E-state index in [1.807, 2.05) is 72.4 Å². The smallest absolute Gasteiger partial charge is 0.253 e. The molecule has 2 aromatic carbocycles. The largest absolute Gasteiger partial charge is 0.368 e. The van der Waals surface area contributed by atoms with Gasteiger partial charge < -0.3 is 14.7 Å². The van der Waals surface area contributed by atoms with Crippen molar-refractivity contribution in [2.75, 3.05) is 50.1 Å².